The van der Waals surface area contributed by atoms with Crippen LogP contribution in [0.3, 0.4) is 0 Å². The van der Waals surface area contributed by atoms with Gasteiger partial charge in [0.25, 0.3) is 10.0 Å². The maximum absolute atomic E-state index is 13.4. The predicted octanol–water partition coefficient (Wildman–Crippen LogP) is 5.27. The zero-order valence-corrected chi connectivity index (χ0v) is 23.3. The van der Waals surface area contributed by atoms with Crippen molar-refractivity contribution in [3.63, 3.8) is 0 Å². The Morgan fingerprint density at radius 2 is 1.64 bits per heavy atom. The number of sulfonamides is 1. The number of anilines is 1. The summed E-state index contributed by atoms with van der Waals surface area (Å²) in [5.41, 5.74) is 1.29. The Labute approximate surface area is 242 Å². The molecule has 5 aromatic rings. The van der Waals surface area contributed by atoms with Gasteiger partial charge in [-0.15, -0.1) is 0 Å². The number of rotatable bonds is 7. The lowest BCUT2D eigenvalue weighted by Crippen LogP contribution is -2.46. The molecule has 212 valence electrons. The minimum atomic E-state index is -4.19. The van der Waals surface area contributed by atoms with E-state index in [0.717, 1.165) is 16.6 Å². The number of carbonyl (C=O) groups excluding carboxylic acids is 2. The van der Waals surface area contributed by atoms with Gasteiger partial charge >= 0.3 is 12.1 Å². The molecule has 1 heterocycles. The van der Waals surface area contributed by atoms with Gasteiger partial charge in [0.15, 0.2) is 0 Å². The maximum Gasteiger partial charge on any atom is 0.411 e. The van der Waals surface area contributed by atoms with Gasteiger partial charge in [-0.2, -0.15) is 0 Å². The molecule has 1 aliphatic rings. The highest BCUT2D eigenvalue weighted by molar-refractivity contribution is 7.90. The molecule has 4 aromatic carbocycles. The average molecular weight is 582 g/mol. The van der Waals surface area contributed by atoms with E-state index in [1.807, 2.05) is 53.1 Å². The molecule has 2 atom stereocenters. The molecular weight excluding hydrogens is 554 g/mol. The van der Waals surface area contributed by atoms with E-state index in [-0.39, 0.29) is 10.8 Å². The van der Waals surface area contributed by atoms with E-state index in [9.17, 15) is 18.0 Å². The Hall–Kier alpha value is -5.16. The third-order valence-corrected chi connectivity index (χ3v) is 8.77. The second-order valence-corrected chi connectivity index (χ2v) is 11.6. The number of methoxy groups -OCH3 is 1. The van der Waals surface area contributed by atoms with E-state index in [1.54, 1.807) is 54.9 Å². The molecule has 0 radical (unpaired) electrons. The van der Waals surface area contributed by atoms with Crippen molar-refractivity contribution in [2.24, 2.45) is 0 Å². The number of hydrogen-bond acceptors (Lipinski definition) is 6. The number of fused-ring (bicyclic) bond motifs is 1. The number of ether oxygens (including phenoxy) is 1. The van der Waals surface area contributed by atoms with E-state index in [2.05, 4.69) is 25.1 Å². The van der Waals surface area contributed by atoms with Crippen molar-refractivity contribution < 1.29 is 22.7 Å². The van der Waals surface area contributed by atoms with Crippen LogP contribution in [0, 0.1) is 0 Å². The van der Waals surface area contributed by atoms with Crippen molar-refractivity contribution in [2.45, 2.75) is 22.8 Å². The summed E-state index contributed by atoms with van der Waals surface area (Å²) < 4.78 is 35.5. The number of benzene rings is 4. The van der Waals surface area contributed by atoms with Crippen LogP contribution in [0.1, 0.15) is 23.7 Å². The van der Waals surface area contributed by atoms with E-state index >= 15 is 0 Å². The lowest BCUT2D eigenvalue weighted by Gasteiger charge is -2.22. The molecule has 0 bridgehead atoms. The molecule has 10 nitrogen and oxygen atoms in total. The Kier molecular flexibility index (Phi) is 6.87. The quantitative estimate of drug-likeness (QED) is 0.240. The van der Waals surface area contributed by atoms with Crippen molar-refractivity contribution in [1.82, 2.24) is 19.6 Å². The van der Waals surface area contributed by atoms with Crippen molar-refractivity contribution >= 4 is 38.6 Å². The Balaban J connectivity index is 1.32. The number of nitrogens with zero attached hydrogens (tertiary/aromatic N) is 2. The zero-order valence-electron chi connectivity index (χ0n) is 22.5. The normalized spacial score (nSPS) is 17.8. The molecule has 0 saturated heterocycles. The fourth-order valence-corrected chi connectivity index (χ4v) is 6.48. The Morgan fingerprint density at radius 1 is 0.929 bits per heavy atom. The number of hydrogen-bond donors (Lipinski definition) is 3. The first kappa shape index (κ1) is 27.0. The monoisotopic (exact) mass is 581 g/mol. The molecule has 1 fully saturated rings. The summed E-state index contributed by atoms with van der Waals surface area (Å²) in [6, 6.07) is 27.9. The van der Waals surface area contributed by atoms with Crippen LogP contribution in [0.25, 0.3) is 16.5 Å². The Bertz CT molecular complexity index is 1890. The summed E-state index contributed by atoms with van der Waals surface area (Å²) >= 11 is 0. The van der Waals surface area contributed by atoms with Gasteiger partial charge in [-0.25, -0.2) is 27.7 Å². The highest BCUT2D eigenvalue weighted by atomic mass is 32.2. The van der Waals surface area contributed by atoms with Crippen LogP contribution in [0.4, 0.5) is 15.3 Å². The molecule has 6 rings (SSSR count). The topological polar surface area (TPSA) is 131 Å². The number of nitrogens with one attached hydrogen (secondary N) is 3. The SMILES string of the molecule is COC(=O)Nc1ccc(-n2ccnc2[C@@]2(NC(=O)NS(=O)(=O)c3cccc4ccccc34)CC2c2ccccc2)cc1. The first-order valence-corrected chi connectivity index (χ1v) is 14.7. The molecule has 1 aromatic heterocycles. The minimum Gasteiger partial charge on any atom is -0.453 e. The van der Waals surface area contributed by atoms with Gasteiger partial charge in [0, 0.05) is 35.1 Å². The summed E-state index contributed by atoms with van der Waals surface area (Å²) in [6.07, 6.45) is 3.33. The minimum absolute atomic E-state index is 0.0161. The van der Waals surface area contributed by atoms with Crippen LogP contribution in [-0.2, 0) is 20.3 Å². The van der Waals surface area contributed by atoms with Crippen LogP contribution >= 0.6 is 0 Å². The standard InChI is InChI=1S/C31H27N5O5S/c1-41-30(38)33-23-14-16-24(17-15-23)36-19-18-32-28(36)31(20-26(31)22-9-3-2-4-10-22)34-29(37)35-42(39,40)27-13-7-11-21-8-5-6-12-25(21)27/h2-19,26H,20H2,1H3,(H,33,38)(H2,34,35,37)/t26?,31-/m1/s1. The molecule has 42 heavy (non-hydrogen) atoms. The predicted molar refractivity (Wildman–Crippen MR) is 158 cm³/mol. The molecule has 3 amide bonds. The average Bonchev–Trinajstić information content (AvgIpc) is 3.49. The number of carbonyl (C=O) groups is 2. The van der Waals surface area contributed by atoms with Gasteiger partial charge in [-0.05, 0) is 47.7 Å². The molecule has 1 saturated carbocycles. The van der Waals surface area contributed by atoms with Gasteiger partial charge < -0.3 is 14.6 Å². The smallest absolute Gasteiger partial charge is 0.411 e. The third kappa shape index (κ3) is 5.06. The summed E-state index contributed by atoms with van der Waals surface area (Å²) in [5.74, 6) is 0.397. The van der Waals surface area contributed by atoms with Crippen molar-refractivity contribution in [3.8, 4) is 5.69 Å². The number of imidazole rings is 1. The molecule has 1 aliphatic carbocycles. The molecular formula is C31H27N5O5S. The first-order chi connectivity index (χ1) is 20.3. The molecule has 11 heteroatoms. The van der Waals surface area contributed by atoms with E-state index in [1.165, 1.54) is 13.2 Å². The van der Waals surface area contributed by atoms with Crippen LogP contribution in [0.5, 0.6) is 0 Å². The highest BCUT2D eigenvalue weighted by Crippen LogP contribution is 2.58. The van der Waals surface area contributed by atoms with Crippen molar-refractivity contribution in [2.75, 3.05) is 12.4 Å². The van der Waals surface area contributed by atoms with Crippen LogP contribution < -0.4 is 15.4 Å². The molecule has 1 unspecified atom stereocenters. The fourth-order valence-electron chi connectivity index (χ4n) is 5.34. The summed E-state index contributed by atoms with van der Waals surface area (Å²) in [6.45, 7) is 0. The van der Waals surface area contributed by atoms with Gasteiger partial charge in [0.1, 0.15) is 11.4 Å². The van der Waals surface area contributed by atoms with Gasteiger partial charge in [-0.1, -0.05) is 66.7 Å². The third-order valence-electron chi connectivity index (χ3n) is 7.38. The molecule has 0 spiro atoms. The maximum atomic E-state index is 13.4. The number of urea groups is 1. The second kappa shape index (κ2) is 10.7. The lowest BCUT2D eigenvalue weighted by molar-refractivity contribution is 0.187. The summed E-state index contributed by atoms with van der Waals surface area (Å²) in [4.78, 5) is 29.6. The van der Waals surface area contributed by atoms with Gasteiger partial charge in [0.05, 0.1) is 12.0 Å². The van der Waals surface area contributed by atoms with Gasteiger partial charge in [-0.3, -0.25) is 5.32 Å². The van der Waals surface area contributed by atoms with Gasteiger partial charge in [0.2, 0.25) is 0 Å². The Morgan fingerprint density at radius 3 is 2.40 bits per heavy atom. The van der Waals surface area contributed by atoms with Crippen LogP contribution in [0.2, 0.25) is 0 Å². The van der Waals surface area contributed by atoms with Crippen LogP contribution in [0.15, 0.2) is 114 Å². The molecule has 3 N–H and O–H groups in total. The first-order valence-electron chi connectivity index (χ1n) is 13.2. The van der Waals surface area contributed by atoms with E-state index < -0.39 is 27.7 Å². The lowest BCUT2D eigenvalue weighted by atomic mass is 10.1. The van der Waals surface area contributed by atoms with E-state index in [4.69, 9.17) is 0 Å². The summed E-state index contributed by atoms with van der Waals surface area (Å²) in [5, 5.41) is 6.84. The van der Waals surface area contributed by atoms with E-state index in [0.29, 0.717) is 23.3 Å². The molecule has 0 aliphatic heterocycles. The van der Waals surface area contributed by atoms with Crippen molar-refractivity contribution in [1.29, 1.82) is 0 Å². The van der Waals surface area contributed by atoms with Crippen molar-refractivity contribution in [3.05, 3.63) is 121 Å². The summed E-state index contributed by atoms with van der Waals surface area (Å²) in [7, 11) is -2.91. The zero-order chi connectivity index (χ0) is 29.3. The number of aromatic nitrogens is 2. The number of amides is 3. The highest BCUT2D eigenvalue weighted by Gasteiger charge is 2.60. The largest absolute Gasteiger partial charge is 0.453 e. The fraction of sp³-hybridized carbons (Fsp3) is 0.129. The van der Waals surface area contributed by atoms with Crippen LogP contribution in [-0.4, -0.2) is 37.2 Å². The second-order valence-electron chi connectivity index (χ2n) is 9.96.